The Morgan fingerprint density at radius 3 is 2.50 bits per heavy atom. The van der Waals surface area contributed by atoms with Gasteiger partial charge in [0.1, 0.15) is 17.4 Å². The van der Waals surface area contributed by atoms with Crippen molar-refractivity contribution in [1.29, 1.82) is 5.26 Å². The van der Waals surface area contributed by atoms with Crippen LogP contribution in [0.2, 0.25) is 0 Å². The van der Waals surface area contributed by atoms with Crippen LogP contribution >= 0.6 is 0 Å². The zero-order valence-corrected chi connectivity index (χ0v) is 14.4. The Balaban J connectivity index is 1.95. The van der Waals surface area contributed by atoms with Gasteiger partial charge in [-0.2, -0.15) is 5.26 Å². The molecule has 1 aromatic heterocycles. The number of rotatable bonds is 6. The number of nitriles is 1. The number of benzene rings is 1. The van der Waals surface area contributed by atoms with E-state index in [1.807, 2.05) is 6.07 Å². The van der Waals surface area contributed by atoms with Crippen LogP contribution in [0.25, 0.3) is 0 Å². The molecule has 0 aliphatic carbocycles. The molecular formula is C19H17FN2O4. The number of halogens is 1. The largest absolute Gasteiger partial charge is 0.457 e. The lowest BCUT2D eigenvalue weighted by Gasteiger charge is -2.10. The van der Waals surface area contributed by atoms with E-state index >= 15 is 0 Å². The van der Waals surface area contributed by atoms with Gasteiger partial charge < -0.3 is 9.72 Å². The number of H-pyrrole nitrogens is 1. The number of ketones is 1. The van der Waals surface area contributed by atoms with E-state index in [0.29, 0.717) is 16.8 Å². The van der Waals surface area contributed by atoms with Crippen molar-refractivity contribution < 1.29 is 18.7 Å². The SMILES string of the molecule is Cc1[nH]c(=O)c(C#N)c(C)c1CCC(=O)OCC(=O)c1ccc(F)cc1. The van der Waals surface area contributed by atoms with Crippen LogP contribution < -0.4 is 5.56 Å². The molecule has 0 atom stereocenters. The maximum absolute atomic E-state index is 12.8. The predicted octanol–water partition coefficient (Wildman–Crippen LogP) is 2.36. The molecule has 2 rings (SSSR count). The lowest BCUT2D eigenvalue weighted by molar-refractivity contribution is -0.142. The number of ether oxygens (including phenoxy) is 1. The minimum atomic E-state index is -0.580. The summed E-state index contributed by atoms with van der Waals surface area (Å²) in [5.41, 5.74) is 1.63. The Bertz CT molecular complexity index is 940. The van der Waals surface area contributed by atoms with Crippen molar-refractivity contribution in [3.05, 3.63) is 68.4 Å². The molecule has 0 aliphatic rings. The number of hydrogen-bond donors (Lipinski definition) is 1. The molecule has 0 saturated heterocycles. The summed E-state index contributed by atoms with van der Waals surface area (Å²) in [6.45, 7) is 2.91. The molecular weight excluding hydrogens is 339 g/mol. The highest BCUT2D eigenvalue weighted by atomic mass is 19.1. The highest BCUT2D eigenvalue weighted by Gasteiger charge is 2.15. The molecule has 1 heterocycles. The molecule has 1 aromatic carbocycles. The van der Waals surface area contributed by atoms with Crippen molar-refractivity contribution in [3.8, 4) is 6.07 Å². The predicted molar refractivity (Wildman–Crippen MR) is 91.3 cm³/mol. The van der Waals surface area contributed by atoms with Gasteiger partial charge in [0, 0.05) is 17.7 Å². The van der Waals surface area contributed by atoms with Gasteiger partial charge in [0.05, 0.1) is 0 Å². The highest BCUT2D eigenvalue weighted by molar-refractivity contribution is 5.97. The molecule has 0 fully saturated rings. The number of Topliss-reactive ketones (excluding diaryl/α,β-unsaturated/α-hetero) is 1. The standard InChI is InChI=1S/C19H17FN2O4/c1-11-15(12(2)22-19(25)16(11)9-21)7-8-18(24)26-10-17(23)13-3-5-14(20)6-4-13/h3-6H,7-8,10H2,1-2H3,(H,22,25). The minimum absolute atomic E-state index is 0.00467. The number of hydrogen-bond acceptors (Lipinski definition) is 5. The van der Waals surface area contributed by atoms with Gasteiger partial charge in [0.25, 0.3) is 5.56 Å². The molecule has 0 saturated carbocycles. The van der Waals surface area contributed by atoms with Crippen LogP contribution in [0.15, 0.2) is 29.1 Å². The van der Waals surface area contributed by atoms with Crippen LogP contribution in [-0.2, 0) is 16.0 Å². The van der Waals surface area contributed by atoms with Gasteiger partial charge in [0.2, 0.25) is 0 Å². The summed E-state index contributed by atoms with van der Waals surface area (Å²) >= 11 is 0. The molecule has 0 radical (unpaired) electrons. The van der Waals surface area contributed by atoms with Crippen molar-refractivity contribution in [3.63, 3.8) is 0 Å². The quantitative estimate of drug-likeness (QED) is 0.633. The molecule has 26 heavy (non-hydrogen) atoms. The van der Waals surface area contributed by atoms with Crippen LogP contribution in [-0.4, -0.2) is 23.3 Å². The fraction of sp³-hybridized carbons (Fsp3) is 0.263. The Morgan fingerprint density at radius 1 is 1.23 bits per heavy atom. The van der Waals surface area contributed by atoms with Gasteiger partial charge in [0.15, 0.2) is 12.4 Å². The topological polar surface area (TPSA) is 100 Å². The number of aromatic amines is 1. The lowest BCUT2D eigenvalue weighted by atomic mass is 9.99. The Labute approximate surface area is 149 Å². The first-order valence-electron chi connectivity index (χ1n) is 7.90. The van der Waals surface area contributed by atoms with Crippen molar-refractivity contribution in [2.45, 2.75) is 26.7 Å². The normalized spacial score (nSPS) is 10.2. The highest BCUT2D eigenvalue weighted by Crippen LogP contribution is 2.15. The molecule has 0 unspecified atom stereocenters. The zero-order chi connectivity index (χ0) is 19.3. The van der Waals surface area contributed by atoms with Crippen LogP contribution in [0, 0.1) is 31.0 Å². The molecule has 0 spiro atoms. The summed E-state index contributed by atoms with van der Waals surface area (Å²) in [7, 11) is 0. The minimum Gasteiger partial charge on any atom is -0.457 e. The second-order valence-electron chi connectivity index (χ2n) is 5.76. The van der Waals surface area contributed by atoms with Crippen molar-refractivity contribution in [1.82, 2.24) is 4.98 Å². The first-order valence-corrected chi connectivity index (χ1v) is 7.90. The summed E-state index contributed by atoms with van der Waals surface area (Å²) in [6.07, 6.45) is 0.266. The van der Waals surface area contributed by atoms with E-state index in [2.05, 4.69) is 4.98 Å². The first kappa shape index (κ1) is 19.1. The number of carbonyl (C=O) groups excluding carboxylic acids is 2. The van der Waals surface area contributed by atoms with Gasteiger partial charge in [-0.1, -0.05) is 0 Å². The average Bonchev–Trinajstić information content (AvgIpc) is 2.60. The van der Waals surface area contributed by atoms with Crippen LogP contribution in [0.5, 0.6) is 0 Å². The number of aryl methyl sites for hydroxylation is 1. The van der Waals surface area contributed by atoms with Gasteiger partial charge in [-0.05, 0) is 55.7 Å². The third kappa shape index (κ3) is 4.42. The van der Waals surface area contributed by atoms with Gasteiger partial charge >= 0.3 is 5.97 Å². The van der Waals surface area contributed by atoms with Crippen LogP contribution in [0.4, 0.5) is 4.39 Å². The molecule has 0 amide bonds. The maximum Gasteiger partial charge on any atom is 0.306 e. The number of nitrogens with one attached hydrogen (secondary N) is 1. The molecule has 0 bridgehead atoms. The van der Waals surface area contributed by atoms with E-state index in [9.17, 15) is 18.8 Å². The maximum atomic E-state index is 12.8. The van der Waals surface area contributed by atoms with Crippen molar-refractivity contribution in [2.24, 2.45) is 0 Å². The van der Waals surface area contributed by atoms with Crippen molar-refractivity contribution in [2.75, 3.05) is 6.61 Å². The second-order valence-corrected chi connectivity index (χ2v) is 5.76. The van der Waals surface area contributed by atoms with Crippen LogP contribution in [0.1, 0.15) is 39.2 Å². The Morgan fingerprint density at radius 2 is 1.88 bits per heavy atom. The summed E-state index contributed by atoms with van der Waals surface area (Å²) in [5, 5.41) is 9.04. The Kier molecular flexibility index (Phi) is 6.02. The van der Waals surface area contributed by atoms with Crippen LogP contribution in [0.3, 0.4) is 0 Å². The van der Waals surface area contributed by atoms with E-state index in [1.165, 1.54) is 12.1 Å². The fourth-order valence-corrected chi connectivity index (χ4v) is 2.58. The molecule has 0 aliphatic heterocycles. The average molecular weight is 356 g/mol. The summed E-state index contributed by atoms with van der Waals surface area (Å²) < 4.78 is 17.8. The third-order valence-corrected chi connectivity index (χ3v) is 4.03. The summed E-state index contributed by atoms with van der Waals surface area (Å²) in [4.78, 5) is 38.0. The summed E-state index contributed by atoms with van der Waals surface area (Å²) in [6, 6.07) is 6.81. The number of nitrogens with zero attached hydrogens (tertiary/aromatic N) is 1. The number of carbonyl (C=O) groups is 2. The second kappa shape index (κ2) is 8.21. The van der Waals surface area contributed by atoms with E-state index in [4.69, 9.17) is 10.00 Å². The zero-order valence-electron chi connectivity index (χ0n) is 14.4. The smallest absolute Gasteiger partial charge is 0.306 e. The molecule has 1 N–H and O–H groups in total. The van der Waals surface area contributed by atoms with E-state index < -0.39 is 29.7 Å². The van der Waals surface area contributed by atoms with Gasteiger partial charge in [-0.3, -0.25) is 14.4 Å². The lowest BCUT2D eigenvalue weighted by Crippen LogP contribution is -2.18. The molecule has 7 heteroatoms. The van der Waals surface area contributed by atoms with Gasteiger partial charge in [-0.25, -0.2) is 4.39 Å². The number of aromatic nitrogens is 1. The Hall–Kier alpha value is -3.27. The van der Waals surface area contributed by atoms with E-state index in [0.717, 1.165) is 12.1 Å². The summed E-state index contributed by atoms with van der Waals surface area (Å²) in [5.74, 6) is -1.47. The number of pyridine rings is 1. The molecule has 6 nitrogen and oxygen atoms in total. The van der Waals surface area contributed by atoms with E-state index in [1.54, 1.807) is 13.8 Å². The van der Waals surface area contributed by atoms with E-state index in [-0.39, 0.29) is 24.0 Å². The van der Waals surface area contributed by atoms with Gasteiger partial charge in [-0.15, -0.1) is 0 Å². The molecule has 134 valence electrons. The molecule has 2 aromatic rings. The first-order chi connectivity index (χ1) is 12.3. The van der Waals surface area contributed by atoms with Crippen molar-refractivity contribution >= 4 is 11.8 Å². The number of esters is 1. The fourth-order valence-electron chi connectivity index (χ4n) is 2.58. The third-order valence-electron chi connectivity index (χ3n) is 4.03. The monoisotopic (exact) mass is 356 g/mol.